The smallest absolute Gasteiger partial charge is 0.166 e. The maximum atomic E-state index is 13.1. The van der Waals surface area contributed by atoms with Crippen LogP contribution in [0.25, 0.3) is 0 Å². The molecule has 0 spiro atoms. The third-order valence-corrected chi connectivity index (χ3v) is 3.73. The summed E-state index contributed by atoms with van der Waals surface area (Å²) in [5.41, 5.74) is 1.47. The molecule has 0 atom stereocenters. The number of halogens is 3. The molecule has 0 unspecified atom stereocenters. The van der Waals surface area contributed by atoms with Gasteiger partial charge in [0.2, 0.25) is 0 Å². The number of hydrogen-bond acceptors (Lipinski definition) is 3. The summed E-state index contributed by atoms with van der Waals surface area (Å²) in [5, 5.41) is 21.7. The van der Waals surface area contributed by atoms with Crippen LogP contribution in [0.4, 0.5) is 10.1 Å². The van der Waals surface area contributed by atoms with Crippen LogP contribution in [0.15, 0.2) is 39.3 Å². The summed E-state index contributed by atoms with van der Waals surface area (Å²) in [6.45, 7) is 0.460. The summed E-state index contributed by atoms with van der Waals surface area (Å²) in [6.07, 6.45) is 0. The van der Waals surface area contributed by atoms with Crippen molar-refractivity contribution in [3.63, 3.8) is 0 Å². The Morgan fingerprint density at radius 2 is 1.68 bits per heavy atom. The first-order chi connectivity index (χ1) is 8.97. The maximum absolute atomic E-state index is 13.1. The number of aromatic hydroxyl groups is 2. The molecule has 0 saturated heterocycles. The van der Waals surface area contributed by atoms with Gasteiger partial charge in [-0.15, -0.1) is 0 Å². The van der Waals surface area contributed by atoms with Gasteiger partial charge in [-0.1, -0.05) is 0 Å². The zero-order valence-corrected chi connectivity index (χ0v) is 12.8. The van der Waals surface area contributed by atoms with Gasteiger partial charge in [0, 0.05) is 18.3 Å². The summed E-state index contributed by atoms with van der Waals surface area (Å²) in [4.78, 5) is 0. The van der Waals surface area contributed by atoms with Gasteiger partial charge in [-0.2, -0.15) is 0 Å². The van der Waals surface area contributed by atoms with Crippen molar-refractivity contribution < 1.29 is 14.6 Å². The Bertz CT molecular complexity index is 597. The van der Waals surface area contributed by atoms with Gasteiger partial charge in [0.25, 0.3) is 0 Å². The van der Waals surface area contributed by atoms with E-state index >= 15 is 0 Å². The number of phenolic OH excluding ortho intramolecular Hbond substituents is 2. The van der Waals surface area contributed by atoms with Gasteiger partial charge < -0.3 is 15.5 Å². The van der Waals surface area contributed by atoms with Gasteiger partial charge in [-0.05, 0) is 61.7 Å². The Labute approximate surface area is 126 Å². The van der Waals surface area contributed by atoms with Crippen molar-refractivity contribution in [1.82, 2.24) is 0 Å². The zero-order valence-electron chi connectivity index (χ0n) is 9.62. The van der Waals surface area contributed by atoms with E-state index < -0.39 is 5.82 Å². The van der Waals surface area contributed by atoms with Crippen molar-refractivity contribution >= 4 is 37.5 Å². The van der Waals surface area contributed by atoms with Crippen LogP contribution in [-0.4, -0.2) is 10.2 Å². The number of anilines is 1. The van der Waals surface area contributed by atoms with E-state index in [9.17, 15) is 9.50 Å². The first-order valence-electron chi connectivity index (χ1n) is 5.36. The molecule has 6 heteroatoms. The van der Waals surface area contributed by atoms with Crippen molar-refractivity contribution in [2.24, 2.45) is 0 Å². The molecule has 0 amide bonds. The highest BCUT2D eigenvalue weighted by atomic mass is 79.9. The maximum Gasteiger partial charge on any atom is 0.166 e. The van der Waals surface area contributed by atoms with Gasteiger partial charge in [-0.25, -0.2) is 4.39 Å². The highest BCUT2D eigenvalue weighted by molar-refractivity contribution is 9.11. The molecule has 0 radical (unpaired) electrons. The Balaban J connectivity index is 2.12. The van der Waals surface area contributed by atoms with Crippen LogP contribution < -0.4 is 5.32 Å². The molecule has 0 heterocycles. The third kappa shape index (κ3) is 3.39. The molecule has 3 nitrogen and oxygen atoms in total. The Kier molecular flexibility index (Phi) is 4.31. The van der Waals surface area contributed by atoms with E-state index in [4.69, 9.17) is 5.11 Å². The lowest BCUT2D eigenvalue weighted by Crippen LogP contribution is -2.00. The zero-order chi connectivity index (χ0) is 14.0. The van der Waals surface area contributed by atoms with E-state index in [1.165, 1.54) is 12.1 Å². The van der Waals surface area contributed by atoms with Crippen molar-refractivity contribution in [1.29, 1.82) is 0 Å². The molecule has 0 aliphatic rings. The van der Waals surface area contributed by atoms with Gasteiger partial charge in [0.1, 0.15) is 5.75 Å². The predicted molar refractivity (Wildman–Crippen MR) is 78.9 cm³/mol. The summed E-state index contributed by atoms with van der Waals surface area (Å²) in [6, 6.07) is 7.64. The Hall–Kier alpha value is -1.27. The van der Waals surface area contributed by atoms with Crippen molar-refractivity contribution in [2.45, 2.75) is 6.54 Å². The fourth-order valence-corrected chi connectivity index (χ4v) is 2.82. The van der Waals surface area contributed by atoms with E-state index in [-0.39, 0.29) is 11.5 Å². The second-order valence-corrected chi connectivity index (χ2v) is 5.64. The lowest BCUT2D eigenvalue weighted by atomic mass is 10.2. The lowest BCUT2D eigenvalue weighted by molar-refractivity contribution is 0.432. The van der Waals surface area contributed by atoms with E-state index in [2.05, 4.69) is 37.2 Å². The monoisotopic (exact) mass is 389 g/mol. The average Bonchev–Trinajstić information content (AvgIpc) is 2.37. The minimum Gasteiger partial charge on any atom is -0.506 e. The molecule has 2 aromatic rings. The first kappa shape index (κ1) is 14.1. The highest BCUT2D eigenvalue weighted by Gasteiger charge is 2.06. The van der Waals surface area contributed by atoms with Gasteiger partial charge >= 0.3 is 0 Å². The average molecular weight is 391 g/mol. The number of nitrogens with one attached hydrogen (secondary N) is 1. The normalized spacial score (nSPS) is 10.5. The standard InChI is InChI=1S/C13H10Br2FNO2/c14-9-3-7(4-10(15)13(9)19)6-17-8-1-2-12(18)11(16)5-8/h1-5,17-19H,6H2. The van der Waals surface area contributed by atoms with E-state index in [0.29, 0.717) is 21.2 Å². The molecule has 0 aliphatic carbocycles. The summed E-state index contributed by atoms with van der Waals surface area (Å²) in [7, 11) is 0. The predicted octanol–water partition coefficient (Wildman–Crippen LogP) is 4.37. The van der Waals surface area contributed by atoms with E-state index in [1.54, 1.807) is 18.2 Å². The summed E-state index contributed by atoms with van der Waals surface area (Å²) in [5.74, 6) is -0.904. The van der Waals surface area contributed by atoms with Crippen LogP contribution in [-0.2, 0) is 6.54 Å². The molecule has 2 rings (SSSR count). The Morgan fingerprint density at radius 3 is 2.26 bits per heavy atom. The second kappa shape index (κ2) is 5.79. The Morgan fingerprint density at radius 1 is 1.05 bits per heavy atom. The molecule has 100 valence electrons. The van der Waals surface area contributed by atoms with Crippen LogP contribution in [0.1, 0.15) is 5.56 Å². The molecule has 0 saturated carbocycles. The van der Waals surface area contributed by atoms with Gasteiger partial charge in [0.15, 0.2) is 11.6 Å². The van der Waals surface area contributed by atoms with Crippen LogP contribution in [0, 0.1) is 5.82 Å². The minimum absolute atomic E-state index is 0.138. The molecule has 0 aliphatic heterocycles. The van der Waals surface area contributed by atoms with E-state index in [1.807, 2.05) is 0 Å². The quantitative estimate of drug-likeness (QED) is 0.682. The molecule has 3 N–H and O–H groups in total. The fraction of sp³-hybridized carbons (Fsp3) is 0.0769. The van der Waals surface area contributed by atoms with Crippen LogP contribution in [0.2, 0.25) is 0 Å². The van der Waals surface area contributed by atoms with Crippen molar-refractivity contribution in [2.75, 3.05) is 5.32 Å². The summed E-state index contributed by atoms with van der Waals surface area (Å²) < 4.78 is 14.3. The molecular weight excluding hydrogens is 381 g/mol. The number of hydrogen-bond donors (Lipinski definition) is 3. The minimum atomic E-state index is -0.668. The van der Waals surface area contributed by atoms with Gasteiger partial charge in [-0.3, -0.25) is 0 Å². The van der Waals surface area contributed by atoms with Crippen LogP contribution >= 0.6 is 31.9 Å². The molecule has 0 aromatic heterocycles. The van der Waals surface area contributed by atoms with Gasteiger partial charge in [0.05, 0.1) is 8.95 Å². The van der Waals surface area contributed by atoms with Crippen molar-refractivity contribution in [3.8, 4) is 11.5 Å². The largest absolute Gasteiger partial charge is 0.506 e. The van der Waals surface area contributed by atoms with Crippen molar-refractivity contribution in [3.05, 3.63) is 50.7 Å². The lowest BCUT2D eigenvalue weighted by Gasteiger charge is -2.09. The SMILES string of the molecule is Oc1ccc(NCc2cc(Br)c(O)c(Br)c2)cc1F. The molecule has 0 fully saturated rings. The topological polar surface area (TPSA) is 52.5 Å². The number of phenols is 2. The third-order valence-electron chi connectivity index (χ3n) is 2.52. The highest BCUT2D eigenvalue weighted by Crippen LogP contribution is 2.33. The molecular formula is C13H10Br2FNO2. The fourth-order valence-electron chi connectivity index (χ4n) is 1.54. The van der Waals surface area contributed by atoms with E-state index in [0.717, 1.165) is 5.56 Å². The first-order valence-corrected chi connectivity index (χ1v) is 6.95. The molecule has 2 aromatic carbocycles. The molecule has 0 bridgehead atoms. The molecule has 19 heavy (non-hydrogen) atoms. The van der Waals surface area contributed by atoms with Crippen LogP contribution in [0.5, 0.6) is 11.5 Å². The number of benzene rings is 2. The number of rotatable bonds is 3. The summed E-state index contributed by atoms with van der Waals surface area (Å²) >= 11 is 6.49. The van der Waals surface area contributed by atoms with Crippen LogP contribution in [0.3, 0.4) is 0 Å². The second-order valence-electron chi connectivity index (χ2n) is 3.93.